The molecule has 2 aromatic rings. The molecule has 102 valence electrons. The van der Waals surface area contributed by atoms with E-state index in [1.54, 1.807) is 6.07 Å². The molecule has 0 amide bonds. The van der Waals surface area contributed by atoms with E-state index >= 15 is 0 Å². The SMILES string of the molecule is Nc1ccc(C2CC=C(c3ccccc3O)CC2)cc1. The smallest absolute Gasteiger partial charge is 0.123 e. The molecule has 20 heavy (non-hydrogen) atoms. The Hall–Kier alpha value is -2.22. The molecule has 0 spiro atoms. The van der Waals surface area contributed by atoms with Crippen LogP contribution in [0.4, 0.5) is 5.69 Å². The molecule has 3 N–H and O–H groups in total. The summed E-state index contributed by atoms with van der Waals surface area (Å²) in [4.78, 5) is 0. The summed E-state index contributed by atoms with van der Waals surface area (Å²) in [5.74, 6) is 0.940. The first kappa shape index (κ1) is 12.8. The van der Waals surface area contributed by atoms with Crippen LogP contribution in [0.2, 0.25) is 0 Å². The van der Waals surface area contributed by atoms with Crippen molar-refractivity contribution in [2.24, 2.45) is 0 Å². The fourth-order valence-corrected chi connectivity index (χ4v) is 2.89. The average molecular weight is 265 g/mol. The maximum Gasteiger partial charge on any atom is 0.123 e. The molecule has 0 saturated carbocycles. The van der Waals surface area contributed by atoms with E-state index in [2.05, 4.69) is 18.2 Å². The molecule has 3 rings (SSSR count). The van der Waals surface area contributed by atoms with E-state index in [1.807, 2.05) is 30.3 Å². The highest BCUT2D eigenvalue weighted by Gasteiger charge is 2.18. The van der Waals surface area contributed by atoms with Crippen molar-refractivity contribution in [1.29, 1.82) is 0 Å². The first-order valence-electron chi connectivity index (χ1n) is 7.07. The minimum absolute atomic E-state index is 0.379. The number of para-hydroxylation sites is 1. The van der Waals surface area contributed by atoms with Gasteiger partial charge in [-0.1, -0.05) is 36.4 Å². The van der Waals surface area contributed by atoms with Gasteiger partial charge in [0.25, 0.3) is 0 Å². The second kappa shape index (κ2) is 5.41. The Morgan fingerprint density at radius 2 is 1.75 bits per heavy atom. The van der Waals surface area contributed by atoms with Crippen LogP contribution in [-0.2, 0) is 0 Å². The predicted molar refractivity (Wildman–Crippen MR) is 83.5 cm³/mol. The zero-order valence-electron chi connectivity index (χ0n) is 11.4. The van der Waals surface area contributed by atoms with Crippen molar-refractivity contribution in [2.75, 3.05) is 5.73 Å². The summed E-state index contributed by atoms with van der Waals surface area (Å²) in [6.45, 7) is 0. The molecule has 0 aliphatic heterocycles. The van der Waals surface area contributed by atoms with Gasteiger partial charge in [0.15, 0.2) is 0 Å². The summed E-state index contributed by atoms with van der Waals surface area (Å²) in [7, 11) is 0. The predicted octanol–water partition coefficient (Wildman–Crippen LogP) is 4.33. The summed E-state index contributed by atoms with van der Waals surface area (Å²) in [6, 6.07) is 15.8. The minimum Gasteiger partial charge on any atom is -0.507 e. The van der Waals surface area contributed by atoms with Crippen molar-refractivity contribution in [3.8, 4) is 5.75 Å². The van der Waals surface area contributed by atoms with Gasteiger partial charge in [0.1, 0.15) is 5.75 Å². The number of hydrogen-bond donors (Lipinski definition) is 2. The number of anilines is 1. The van der Waals surface area contributed by atoms with Gasteiger partial charge in [-0.3, -0.25) is 0 Å². The lowest BCUT2D eigenvalue weighted by atomic mass is 9.82. The van der Waals surface area contributed by atoms with Crippen LogP contribution < -0.4 is 5.73 Å². The Morgan fingerprint density at radius 1 is 1.00 bits per heavy atom. The van der Waals surface area contributed by atoms with E-state index in [0.29, 0.717) is 11.7 Å². The molecule has 0 saturated heterocycles. The molecule has 1 unspecified atom stereocenters. The number of allylic oxidation sites excluding steroid dienone is 2. The van der Waals surface area contributed by atoms with Crippen LogP contribution in [0, 0.1) is 0 Å². The van der Waals surface area contributed by atoms with E-state index in [9.17, 15) is 5.11 Å². The Balaban J connectivity index is 1.78. The van der Waals surface area contributed by atoms with Gasteiger partial charge in [0.05, 0.1) is 0 Å². The molecule has 0 bridgehead atoms. The fourth-order valence-electron chi connectivity index (χ4n) is 2.89. The van der Waals surface area contributed by atoms with Crippen LogP contribution in [0.5, 0.6) is 5.75 Å². The normalized spacial score (nSPS) is 18.6. The van der Waals surface area contributed by atoms with Crippen LogP contribution in [0.1, 0.15) is 36.3 Å². The maximum atomic E-state index is 9.92. The molecule has 2 nitrogen and oxygen atoms in total. The molecule has 1 aliphatic rings. The maximum absolute atomic E-state index is 9.92. The van der Waals surface area contributed by atoms with Gasteiger partial charge in [-0.25, -0.2) is 0 Å². The van der Waals surface area contributed by atoms with Crippen molar-refractivity contribution in [3.05, 3.63) is 65.7 Å². The number of aromatic hydroxyl groups is 1. The van der Waals surface area contributed by atoms with Gasteiger partial charge >= 0.3 is 0 Å². The summed E-state index contributed by atoms with van der Waals surface area (Å²) in [5, 5.41) is 9.92. The van der Waals surface area contributed by atoms with Crippen LogP contribution in [-0.4, -0.2) is 5.11 Å². The van der Waals surface area contributed by atoms with Crippen molar-refractivity contribution in [1.82, 2.24) is 0 Å². The van der Waals surface area contributed by atoms with Gasteiger partial charge in [0.2, 0.25) is 0 Å². The van der Waals surface area contributed by atoms with Crippen LogP contribution >= 0.6 is 0 Å². The molecule has 1 atom stereocenters. The van der Waals surface area contributed by atoms with Gasteiger partial charge in [0, 0.05) is 11.3 Å². The monoisotopic (exact) mass is 265 g/mol. The summed E-state index contributed by atoms with van der Waals surface area (Å²) < 4.78 is 0. The van der Waals surface area contributed by atoms with E-state index < -0.39 is 0 Å². The first-order valence-corrected chi connectivity index (χ1v) is 7.07. The molecular weight excluding hydrogens is 246 g/mol. The van der Waals surface area contributed by atoms with Crippen molar-refractivity contribution in [2.45, 2.75) is 25.2 Å². The first-order chi connectivity index (χ1) is 9.74. The average Bonchev–Trinajstić information content (AvgIpc) is 2.49. The molecular formula is C18H19NO. The van der Waals surface area contributed by atoms with Crippen molar-refractivity contribution < 1.29 is 5.11 Å². The third-order valence-electron chi connectivity index (χ3n) is 4.07. The van der Waals surface area contributed by atoms with E-state index in [4.69, 9.17) is 5.73 Å². The number of hydrogen-bond acceptors (Lipinski definition) is 2. The number of nitrogen functional groups attached to an aromatic ring is 1. The molecule has 0 fully saturated rings. The van der Waals surface area contributed by atoms with E-state index in [0.717, 1.165) is 30.5 Å². The number of benzene rings is 2. The summed E-state index contributed by atoms with van der Waals surface area (Å²) in [6.07, 6.45) is 5.41. The topological polar surface area (TPSA) is 46.2 Å². The molecule has 2 aromatic carbocycles. The molecule has 1 aliphatic carbocycles. The summed E-state index contributed by atoms with van der Waals surface area (Å²) >= 11 is 0. The highest BCUT2D eigenvalue weighted by Crippen LogP contribution is 2.38. The van der Waals surface area contributed by atoms with Crippen LogP contribution in [0.25, 0.3) is 5.57 Å². The minimum atomic E-state index is 0.379. The zero-order valence-corrected chi connectivity index (χ0v) is 11.4. The van der Waals surface area contributed by atoms with E-state index in [1.165, 1.54) is 11.1 Å². The zero-order chi connectivity index (χ0) is 13.9. The lowest BCUT2D eigenvalue weighted by Gasteiger charge is -2.23. The Labute approximate surface area is 119 Å². The lowest BCUT2D eigenvalue weighted by Crippen LogP contribution is -2.04. The molecule has 0 aromatic heterocycles. The highest BCUT2D eigenvalue weighted by molar-refractivity contribution is 5.71. The van der Waals surface area contributed by atoms with Crippen molar-refractivity contribution in [3.63, 3.8) is 0 Å². The third-order valence-corrected chi connectivity index (χ3v) is 4.07. The Kier molecular flexibility index (Phi) is 3.46. The van der Waals surface area contributed by atoms with E-state index in [-0.39, 0.29) is 0 Å². The molecule has 0 heterocycles. The third kappa shape index (κ3) is 2.55. The number of phenolic OH excluding ortho intramolecular Hbond substituents is 1. The fraction of sp³-hybridized carbons (Fsp3) is 0.222. The van der Waals surface area contributed by atoms with Gasteiger partial charge in [-0.05, 0) is 54.5 Å². The largest absolute Gasteiger partial charge is 0.507 e. The highest BCUT2D eigenvalue weighted by atomic mass is 16.3. The van der Waals surface area contributed by atoms with Crippen LogP contribution in [0.15, 0.2) is 54.6 Å². The standard InChI is InChI=1S/C18H19NO/c19-16-11-9-14(10-12-16)13-5-7-15(8-6-13)17-3-1-2-4-18(17)20/h1-4,7,9-13,20H,5-6,8,19H2. The van der Waals surface area contributed by atoms with Gasteiger partial charge < -0.3 is 10.8 Å². The van der Waals surface area contributed by atoms with Gasteiger partial charge in [-0.2, -0.15) is 0 Å². The second-order valence-corrected chi connectivity index (χ2v) is 5.38. The molecule has 0 radical (unpaired) electrons. The van der Waals surface area contributed by atoms with Crippen LogP contribution in [0.3, 0.4) is 0 Å². The number of phenols is 1. The summed E-state index contributed by atoms with van der Waals surface area (Å²) in [5.41, 5.74) is 10.1. The Morgan fingerprint density at radius 3 is 2.40 bits per heavy atom. The Bertz CT molecular complexity index is 628. The number of nitrogens with two attached hydrogens (primary N) is 1. The lowest BCUT2D eigenvalue weighted by molar-refractivity contribution is 0.472. The van der Waals surface area contributed by atoms with Crippen molar-refractivity contribution >= 4 is 11.3 Å². The molecule has 2 heteroatoms. The number of rotatable bonds is 2. The quantitative estimate of drug-likeness (QED) is 0.794. The van der Waals surface area contributed by atoms with Gasteiger partial charge in [-0.15, -0.1) is 0 Å². The second-order valence-electron chi connectivity index (χ2n) is 5.38.